The maximum absolute atomic E-state index is 5.92. The fourth-order valence-corrected chi connectivity index (χ4v) is 2.58. The number of nitrogens with zero attached hydrogens (tertiary/aromatic N) is 1. The zero-order valence-corrected chi connectivity index (χ0v) is 11.7. The first-order valence-electron chi connectivity index (χ1n) is 5.97. The molecule has 1 fully saturated rings. The Bertz CT molecular complexity index is 349. The Morgan fingerprint density at radius 3 is 2.71 bits per heavy atom. The summed E-state index contributed by atoms with van der Waals surface area (Å²) in [6, 6.07) is 9.16. The van der Waals surface area contributed by atoms with Crippen LogP contribution in [0.5, 0.6) is 0 Å². The molecule has 17 heavy (non-hydrogen) atoms. The third-order valence-corrected chi connectivity index (χ3v) is 3.98. The molecule has 4 heteroatoms. The Balaban J connectivity index is 2.11. The monoisotopic (exact) mass is 298 g/mol. The second-order valence-corrected chi connectivity index (χ2v) is 5.40. The molecule has 0 radical (unpaired) electrons. The van der Waals surface area contributed by atoms with Crippen molar-refractivity contribution in [3.63, 3.8) is 0 Å². The van der Waals surface area contributed by atoms with Gasteiger partial charge in [-0.25, -0.2) is 0 Å². The minimum Gasteiger partial charge on any atom is -0.380 e. The summed E-state index contributed by atoms with van der Waals surface area (Å²) in [6.07, 6.45) is 1.10. The van der Waals surface area contributed by atoms with Crippen molar-refractivity contribution in [1.29, 1.82) is 0 Å². The molecule has 0 spiro atoms. The van der Waals surface area contributed by atoms with E-state index >= 15 is 0 Å². The molecule has 0 aromatic heterocycles. The van der Waals surface area contributed by atoms with Gasteiger partial charge in [0.1, 0.15) is 0 Å². The number of nitrogens with two attached hydrogens (primary N) is 1. The highest BCUT2D eigenvalue weighted by atomic mass is 79.9. The van der Waals surface area contributed by atoms with Gasteiger partial charge in [-0.1, -0.05) is 28.1 Å². The van der Waals surface area contributed by atoms with Gasteiger partial charge in [0, 0.05) is 29.7 Å². The zero-order chi connectivity index (χ0) is 12.3. The lowest BCUT2D eigenvalue weighted by atomic mass is 10.0. The van der Waals surface area contributed by atoms with E-state index in [1.54, 1.807) is 0 Å². The molecule has 94 valence electrons. The normalized spacial score (nSPS) is 22.0. The van der Waals surface area contributed by atoms with Gasteiger partial charge >= 0.3 is 0 Å². The topological polar surface area (TPSA) is 38.5 Å². The predicted octanol–water partition coefficient (Wildman–Crippen LogP) is 2.17. The highest BCUT2D eigenvalue weighted by Gasteiger charge is 2.26. The molecule has 1 aliphatic heterocycles. The van der Waals surface area contributed by atoms with Crippen molar-refractivity contribution in [2.24, 2.45) is 5.73 Å². The third-order valence-electron chi connectivity index (χ3n) is 3.45. The summed E-state index contributed by atoms with van der Waals surface area (Å²) in [5.41, 5.74) is 7.19. The van der Waals surface area contributed by atoms with Crippen LogP contribution >= 0.6 is 15.9 Å². The van der Waals surface area contributed by atoms with Gasteiger partial charge in [0.25, 0.3) is 0 Å². The SMILES string of the molecule is CN(C1CCOC1)C(CN)c1ccc(Br)cc1. The summed E-state index contributed by atoms with van der Waals surface area (Å²) >= 11 is 3.45. The molecule has 2 atom stereocenters. The molecular weight excluding hydrogens is 280 g/mol. The van der Waals surface area contributed by atoms with E-state index in [9.17, 15) is 0 Å². The maximum atomic E-state index is 5.92. The number of likely N-dealkylation sites (N-methyl/N-ethyl adjacent to an activating group) is 1. The predicted molar refractivity (Wildman–Crippen MR) is 72.9 cm³/mol. The molecule has 2 N–H and O–H groups in total. The smallest absolute Gasteiger partial charge is 0.0622 e. The van der Waals surface area contributed by atoms with E-state index in [1.807, 2.05) is 0 Å². The number of halogens is 1. The summed E-state index contributed by atoms with van der Waals surface area (Å²) in [4.78, 5) is 2.34. The van der Waals surface area contributed by atoms with Crippen molar-refractivity contribution >= 4 is 15.9 Å². The molecule has 1 aromatic carbocycles. The number of rotatable bonds is 4. The van der Waals surface area contributed by atoms with Gasteiger partial charge in [-0.2, -0.15) is 0 Å². The minimum atomic E-state index is 0.273. The average Bonchev–Trinajstić information content (AvgIpc) is 2.86. The molecule has 0 bridgehead atoms. The molecule has 2 rings (SSSR count). The first-order valence-corrected chi connectivity index (χ1v) is 6.77. The number of benzene rings is 1. The highest BCUT2D eigenvalue weighted by Crippen LogP contribution is 2.25. The minimum absolute atomic E-state index is 0.273. The number of hydrogen-bond donors (Lipinski definition) is 1. The van der Waals surface area contributed by atoms with Gasteiger partial charge in [-0.15, -0.1) is 0 Å². The van der Waals surface area contributed by atoms with Crippen LogP contribution in [-0.4, -0.2) is 37.7 Å². The summed E-state index contributed by atoms with van der Waals surface area (Å²) < 4.78 is 6.54. The lowest BCUT2D eigenvalue weighted by molar-refractivity contribution is 0.134. The number of ether oxygens (including phenoxy) is 1. The largest absolute Gasteiger partial charge is 0.380 e. The van der Waals surface area contributed by atoms with E-state index in [-0.39, 0.29) is 6.04 Å². The van der Waals surface area contributed by atoms with Crippen molar-refractivity contribution < 1.29 is 4.74 Å². The van der Waals surface area contributed by atoms with Gasteiger partial charge < -0.3 is 10.5 Å². The van der Waals surface area contributed by atoms with E-state index < -0.39 is 0 Å². The van der Waals surface area contributed by atoms with Gasteiger partial charge in [-0.3, -0.25) is 4.90 Å². The lowest BCUT2D eigenvalue weighted by Crippen LogP contribution is -2.38. The van der Waals surface area contributed by atoms with Gasteiger partial charge in [0.15, 0.2) is 0 Å². The fraction of sp³-hybridized carbons (Fsp3) is 0.538. The molecule has 1 aliphatic rings. The molecule has 1 saturated heterocycles. The first-order chi connectivity index (χ1) is 8.22. The Morgan fingerprint density at radius 1 is 1.47 bits per heavy atom. The second-order valence-electron chi connectivity index (χ2n) is 4.49. The Morgan fingerprint density at radius 2 is 2.18 bits per heavy atom. The standard InChI is InChI=1S/C13H19BrN2O/c1-16(12-6-7-17-9-12)13(8-15)10-2-4-11(14)5-3-10/h2-5,12-13H,6-9,15H2,1H3. The molecule has 0 saturated carbocycles. The molecule has 3 nitrogen and oxygen atoms in total. The Hall–Kier alpha value is -0.420. The molecule has 0 aliphatic carbocycles. The molecular formula is C13H19BrN2O. The van der Waals surface area contributed by atoms with Crippen molar-refractivity contribution in [1.82, 2.24) is 4.90 Å². The van der Waals surface area contributed by atoms with Crippen molar-refractivity contribution in [3.05, 3.63) is 34.3 Å². The molecule has 0 amide bonds. The lowest BCUT2D eigenvalue weighted by Gasteiger charge is -2.31. The van der Waals surface area contributed by atoms with Gasteiger partial charge in [0.2, 0.25) is 0 Å². The first kappa shape index (κ1) is 13.0. The van der Waals surface area contributed by atoms with E-state index in [2.05, 4.69) is 52.1 Å². The summed E-state index contributed by atoms with van der Waals surface area (Å²) in [6.45, 7) is 2.32. The summed E-state index contributed by atoms with van der Waals surface area (Å²) in [5.74, 6) is 0. The van der Waals surface area contributed by atoms with Crippen LogP contribution < -0.4 is 5.73 Å². The van der Waals surface area contributed by atoms with E-state index in [1.165, 1.54) is 5.56 Å². The summed E-state index contributed by atoms with van der Waals surface area (Å²) in [7, 11) is 2.14. The van der Waals surface area contributed by atoms with Crippen molar-refractivity contribution in [2.45, 2.75) is 18.5 Å². The van der Waals surface area contributed by atoms with Crippen molar-refractivity contribution in [2.75, 3.05) is 26.8 Å². The van der Waals surface area contributed by atoms with Crippen LogP contribution in [0.1, 0.15) is 18.0 Å². The van der Waals surface area contributed by atoms with Crippen LogP contribution in [0.15, 0.2) is 28.7 Å². The Kier molecular flexibility index (Phi) is 4.56. The maximum Gasteiger partial charge on any atom is 0.0622 e. The molecule has 2 unspecified atom stereocenters. The van der Waals surface area contributed by atoms with Gasteiger partial charge in [0.05, 0.1) is 6.61 Å². The van der Waals surface area contributed by atoms with Crippen LogP contribution in [0.2, 0.25) is 0 Å². The summed E-state index contributed by atoms with van der Waals surface area (Å²) in [5, 5.41) is 0. The fourth-order valence-electron chi connectivity index (χ4n) is 2.32. The van der Waals surface area contributed by atoms with Crippen LogP contribution in [0.4, 0.5) is 0 Å². The van der Waals surface area contributed by atoms with E-state index in [4.69, 9.17) is 10.5 Å². The van der Waals surface area contributed by atoms with Crippen LogP contribution in [-0.2, 0) is 4.74 Å². The zero-order valence-electron chi connectivity index (χ0n) is 10.1. The van der Waals surface area contributed by atoms with Crippen LogP contribution in [0.3, 0.4) is 0 Å². The quantitative estimate of drug-likeness (QED) is 0.926. The van der Waals surface area contributed by atoms with Crippen LogP contribution in [0.25, 0.3) is 0 Å². The molecule has 1 heterocycles. The second kappa shape index (κ2) is 5.96. The molecule has 1 aromatic rings. The Labute approximate surface area is 111 Å². The average molecular weight is 299 g/mol. The number of hydrogen-bond acceptors (Lipinski definition) is 3. The highest BCUT2D eigenvalue weighted by molar-refractivity contribution is 9.10. The van der Waals surface area contributed by atoms with Crippen LogP contribution in [0, 0.1) is 0 Å². The van der Waals surface area contributed by atoms with Gasteiger partial charge in [-0.05, 0) is 31.2 Å². The van der Waals surface area contributed by atoms with E-state index in [0.29, 0.717) is 12.6 Å². The van der Waals surface area contributed by atoms with E-state index in [0.717, 1.165) is 24.1 Å². The van der Waals surface area contributed by atoms with Crippen molar-refractivity contribution in [3.8, 4) is 0 Å². The third kappa shape index (κ3) is 3.07.